The van der Waals surface area contributed by atoms with E-state index in [1.807, 2.05) is 6.07 Å². The maximum Gasteiger partial charge on any atom is 0.413 e. The van der Waals surface area contributed by atoms with Crippen LogP contribution < -0.4 is 21.5 Å². The number of rotatable bonds is 7. The second kappa shape index (κ2) is 11.9. The molecular formula is C29H28N8O6S2. The predicted octanol–water partition coefficient (Wildman–Crippen LogP) is 4.41. The Bertz CT molecular complexity index is 1980. The van der Waals surface area contributed by atoms with Crippen LogP contribution in [0.15, 0.2) is 47.8 Å². The quantitative estimate of drug-likeness (QED) is 0.229. The van der Waals surface area contributed by atoms with E-state index >= 15 is 0 Å². The van der Waals surface area contributed by atoms with Crippen LogP contribution in [0.3, 0.4) is 0 Å². The summed E-state index contributed by atoms with van der Waals surface area (Å²) >= 11 is 2.60. The molecule has 0 spiro atoms. The molecule has 232 valence electrons. The van der Waals surface area contributed by atoms with Gasteiger partial charge in [0.15, 0.2) is 5.01 Å². The Hall–Kier alpha value is -4.80. The van der Waals surface area contributed by atoms with E-state index in [1.165, 1.54) is 40.5 Å². The highest BCUT2D eigenvalue weighted by Gasteiger charge is 2.38. The number of carbonyl (C=O) groups is 3. The lowest BCUT2D eigenvalue weighted by molar-refractivity contribution is -0.124. The summed E-state index contributed by atoms with van der Waals surface area (Å²) in [6.07, 6.45) is 5.07. The van der Waals surface area contributed by atoms with Crippen molar-refractivity contribution >= 4 is 72.4 Å². The molecule has 3 N–H and O–H groups in total. The van der Waals surface area contributed by atoms with Gasteiger partial charge in [-0.25, -0.2) is 19.7 Å². The SMILES string of the molecule is CO[C@@H]1C[C@@H](C(=O)NCc2cc3cnc(NC(=O)OC(C)(C)C)cc3s2)n2c1ncc(NC(=O)c1nc3cnccc3s1)c2=O. The number of amides is 3. The Labute approximate surface area is 263 Å². The van der Waals surface area contributed by atoms with Gasteiger partial charge in [0, 0.05) is 40.9 Å². The first-order valence-corrected chi connectivity index (χ1v) is 15.4. The van der Waals surface area contributed by atoms with E-state index in [1.54, 1.807) is 51.5 Å². The highest BCUT2D eigenvalue weighted by molar-refractivity contribution is 7.20. The minimum atomic E-state index is -0.906. The largest absolute Gasteiger partial charge is 0.444 e. The fourth-order valence-corrected chi connectivity index (χ4v) is 6.68. The summed E-state index contributed by atoms with van der Waals surface area (Å²) in [5, 5.41) is 9.13. The number of ether oxygens (including phenoxy) is 2. The molecule has 3 amide bonds. The molecule has 6 rings (SSSR count). The summed E-state index contributed by atoms with van der Waals surface area (Å²) in [6.45, 7) is 5.52. The van der Waals surface area contributed by atoms with Crippen molar-refractivity contribution in [2.24, 2.45) is 0 Å². The lowest BCUT2D eigenvalue weighted by Crippen LogP contribution is -2.36. The molecule has 0 aromatic carbocycles. The maximum atomic E-state index is 13.6. The van der Waals surface area contributed by atoms with Gasteiger partial charge < -0.3 is 20.1 Å². The van der Waals surface area contributed by atoms with E-state index in [0.29, 0.717) is 17.2 Å². The fraction of sp³-hybridized carbons (Fsp3) is 0.310. The smallest absolute Gasteiger partial charge is 0.413 e. The molecule has 0 unspecified atom stereocenters. The van der Waals surface area contributed by atoms with Gasteiger partial charge in [0.25, 0.3) is 11.5 Å². The van der Waals surface area contributed by atoms with Gasteiger partial charge in [-0.2, -0.15) is 0 Å². The molecule has 0 saturated carbocycles. The number of thiazole rings is 1. The van der Waals surface area contributed by atoms with Crippen LogP contribution in [0.2, 0.25) is 0 Å². The Kier molecular flexibility index (Phi) is 8.03. The molecule has 5 aromatic heterocycles. The molecule has 16 heteroatoms. The summed E-state index contributed by atoms with van der Waals surface area (Å²) in [5.41, 5.74) is -0.724. The Morgan fingerprint density at radius 2 is 1.89 bits per heavy atom. The fourth-order valence-electron chi connectivity index (χ4n) is 4.84. The van der Waals surface area contributed by atoms with E-state index in [9.17, 15) is 19.2 Å². The van der Waals surface area contributed by atoms with E-state index in [4.69, 9.17) is 9.47 Å². The average molecular weight is 649 g/mol. The van der Waals surface area contributed by atoms with Gasteiger partial charge in [-0.15, -0.1) is 22.7 Å². The van der Waals surface area contributed by atoms with E-state index in [-0.39, 0.29) is 23.7 Å². The van der Waals surface area contributed by atoms with Crippen molar-refractivity contribution in [3.05, 3.63) is 69.0 Å². The standard InChI is InChI=1S/C29H28N8O6S2/c1-29(2,3)43-28(41)36-22-9-21-14(10-31-22)7-15(44-21)11-33-24(38)18-8-19(42-4)23-32-13-17(27(40)37(18)23)34-25(39)26-35-16-12-30-6-5-20(16)45-26/h5-7,9-10,12-13,18-19H,8,11H2,1-4H3,(H,33,38)(H,34,39)(H,31,36,41)/t18-,19+/m0/s1. The Morgan fingerprint density at radius 3 is 2.64 bits per heavy atom. The topological polar surface area (TPSA) is 179 Å². The van der Waals surface area contributed by atoms with Crippen LogP contribution >= 0.6 is 22.7 Å². The van der Waals surface area contributed by atoms with Crippen LogP contribution in [0.5, 0.6) is 0 Å². The molecule has 1 aliphatic heterocycles. The number of nitrogens with zero attached hydrogens (tertiary/aromatic N) is 5. The molecule has 6 heterocycles. The summed E-state index contributed by atoms with van der Waals surface area (Å²) in [4.78, 5) is 69.8. The number of carbonyl (C=O) groups excluding carboxylic acids is 3. The molecule has 2 atom stereocenters. The number of anilines is 2. The number of pyridine rings is 2. The first kappa shape index (κ1) is 30.2. The number of nitrogens with one attached hydrogen (secondary N) is 3. The number of methoxy groups -OCH3 is 1. The zero-order chi connectivity index (χ0) is 31.9. The van der Waals surface area contributed by atoms with Crippen LogP contribution in [0.4, 0.5) is 16.3 Å². The van der Waals surface area contributed by atoms with Crippen molar-refractivity contribution in [3.8, 4) is 0 Å². The molecule has 0 saturated heterocycles. The average Bonchev–Trinajstić information content (AvgIpc) is 3.71. The minimum absolute atomic E-state index is 0.0801. The number of thiophene rings is 1. The van der Waals surface area contributed by atoms with Crippen LogP contribution in [-0.2, 0) is 20.8 Å². The maximum absolute atomic E-state index is 13.6. The molecule has 0 fully saturated rings. The number of hydrogen-bond acceptors (Lipinski definition) is 12. The summed E-state index contributed by atoms with van der Waals surface area (Å²) < 4.78 is 13.7. The normalized spacial score (nSPS) is 16.0. The van der Waals surface area contributed by atoms with Crippen LogP contribution in [0.25, 0.3) is 20.3 Å². The highest BCUT2D eigenvalue weighted by Crippen LogP contribution is 2.35. The van der Waals surface area contributed by atoms with Crippen molar-refractivity contribution < 1.29 is 23.9 Å². The summed E-state index contributed by atoms with van der Waals surface area (Å²) in [6, 6.07) is 4.47. The first-order chi connectivity index (χ1) is 21.5. The third-order valence-corrected chi connectivity index (χ3v) is 8.93. The summed E-state index contributed by atoms with van der Waals surface area (Å²) in [7, 11) is 1.48. The van der Waals surface area contributed by atoms with Crippen LogP contribution in [0.1, 0.15) is 59.8 Å². The Balaban J connectivity index is 1.16. The lowest BCUT2D eigenvalue weighted by atomic mass is 10.1. The number of fused-ring (bicyclic) bond motifs is 3. The molecule has 0 bridgehead atoms. The van der Waals surface area contributed by atoms with Crippen molar-refractivity contribution in [1.82, 2.24) is 29.8 Å². The van der Waals surface area contributed by atoms with Gasteiger partial charge in [0.1, 0.15) is 40.6 Å². The second-order valence-electron chi connectivity index (χ2n) is 11.2. The zero-order valence-electron chi connectivity index (χ0n) is 24.6. The third kappa shape index (κ3) is 6.38. The molecular weight excluding hydrogens is 621 g/mol. The van der Waals surface area contributed by atoms with Crippen LogP contribution in [0, 0.1) is 0 Å². The highest BCUT2D eigenvalue weighted by atomic mass is 32.1. The third-order valence-electron chi connectivity index (χ3n) is 6.80. The van der Waals surface area contributed by atoms with Gasteiger partial charge in [-0.05, 0) is 39.0 Å². The number of hydrogen-bond donors (Lipinski definition) is 3. The van der Waals surface area contributed by atoms with Crippen molar-refractivity contribution in [2.75, 3.05) is 17.7 Å². The number of aromatic nitrogens is 5. The van der Waals surface area contributed by atoms with Gasteiger partial charge >= 0.3 is 6.09 Å². The first-order valence-electron chi connectivity index (χ1n) is 13.8. The second-order valence-corrected chi connectivity index (χ2v) is 13.4. The van der Waals surface area contributed by atoms with Gasteiger partial charge in [0.2, 0.25) is 5.91 Å². The van der Waals surface area contributed by atoms with E-state index in [2.05, 4.69) is 35.9 Å². The Morgan fingerprint density at radius 1 is 1.07 bits per heavy atom. The molecule has 0 radical (unpaired) electrons. The molecule has 14 nitrogen and oxygen atoms in total. The molecule has 0 aliphatic carbocycles. The summed E-state index contributed by atoms with van der Waals surface area (Å²) in [5.74, 6) is -0.326. The molecule has 1 aliphatic rings. The van der Waals surface area contributed by atoms with Crippen molar-refractivity contribution in [1.29, 1.82) is 0 Å². The zero-order valence-corrected chi connectivity index (χ0v) is 26.2. The van der Waals surface area contributed by atoms with Crippen LogP contribution in [-0.4, -0.2) is 55.1 Å². The van der Waals surface area contributed by atoms with Gasteiger partial charge in [0.05, 0.1) is 23.6 Å². The van der Waals surface area contributed by atoms with Crippen molar-refractivity contribution in [2.45, 2.75) is 51.5 Å². The van der Waals surface area contributed by atoms with Gasteiger partial charge in [-0.1, -0.05) is 0 Å². The minimum Gasteiger partial charge on any atom is -0.444 e. The van der Waals surface area contributed by atoms with Gasteiger partial charge in [-0.3, -0.25) is 29.3 Å². The van der Waals surface area contributed by atoms with Crippen molar-refractivity contribution in [3.63, 3.8) is 0 Å². The van der Waals surface area contributed by atoms with E-state index in [0.717, 1.165) is 19.7 Å². The molecule has 5 aromatic rings. The van der Waals surface area contributed by atoms with E-state index < -0.39 is 41.2 Å². The molecule has 45 heavy (non-hydrogen) atoms. The lowest BCUT2D eigenvalue weighted by Gasteiger charge is -2.19. The predicted molar refractivity (Wildman–Crippen MR) is 169 cm³/mol. The monoisotopic (exact) mass is 648 g/mol.